The second kappa shape index (κ2) is 11.3. The van der Waals surface area contributed by atoms with Gasteiger partial charge in [-0.25, -0.2) is 0 Å². The molecular formula is C50H29NO2S. The predicted octanol–water partition coefficient (Wildman–Crippen LogP) is 15.3. The van der Waals surface area contributed by atoms with E-state index in [1.165, 1.54) is 52.8 Å². The summed E-state index contributed by atoms with van der Waals surface area (Å²) in [4.78, 5) is 2.38. The Morgan fingerprint density at radius 3 is 1.98 bits per heavy atom. The molecule has 0 saturated heterocycles. The van der Waals surface area contributed by atoms with Crippen molar-refractivity contribution in [3.63, 3.8) is 0 Å². The largest absolute Gasteiger partial charge is 0.456 e. The number of thiophene rings is 1. The third-order valence-corrected chi connectivity index (χ3v) is 12.2. The highest BCUT2D eigenvalue weighted by atomic mass is 32.1. The molecule has 3 heterocycles. The Morgan fingerprint density at radius 2 is 1.07 bits per heavy atom. The summed E-state index contributed by atoms with van der Waals surface area (Å²) in [5.74, 6) is 0. The fraction of sp³-hybridized carbons (Fsp3) is 0. The van der Waals surface area contributed by atoms with Crippen LogP contribution in [0, 0.1) is 0 Å². The summed E-state index contributed by atoms with van der Waals surface area (Å²) in [6, 6.07) is 63.1. The van der Waals surface area contributed by atoms with Gasteiger partial charge < -0.3 is 13.7 Å². The molecule has 0 radical (unpaired) electrons. The van der Waals surface area contributed by atoms with E-state index in [0.29, 0.717) is 0 Å². The first kappa shape index (κ1) is 29.7. The van der Waals surface area contributed by atoms with Crippen molar-refractivity contribution in [2.45, 2.75) is 0 Å². The van der Waals surface area contributed by atoms with E-state index in [9.17, 15) is 0 Å². The van der Waals surface area contributed by atoms with Gasteiger partial charge in [-0.2, -0.15) is 0 Å². The molecule has 54 heavy (non-hydrogen) atoms. The Labute approximate surface area is 313 Å². The molecule has 4 heteroatoms. The van der Waals surface area contributed by atoms with Crippen LogP contribution in [0.25, 0.3) is 96.7 Å². The second-order valence-electron chi connectivity index (χ2n) is 14.1. The van der Waals surface area contributed by atoms with Crippen LogP contribution in [0.2, 0.25) is 0 Å². The smallest absolute Gasteiger partial charge is 0.143 e. The van der Waals surface area contributed by atoms with Gasteiger partial charge in [0.1, 0.15) is 22.3 Å². The Hall–Kier alpha value is -6.88. The molecule has 9 aromatic carbocycles. The maximum absolute atomic E-state index is 6.59. The molecule has 3 aromatic heterocycles. The second-order valence-corrected chi connectivity index (χ2v) is 15.1. The van der Waals surface area contributed by atoms with Crippen molar-refractivity contribution in [3.8, 4) is 11.1 Å². The number of hydrogen-bond acceptors (Lipinski definition) is 4. The number of benzene rings is 9. The first-order chi connectivity index (χ1) is 26.7. The molecule has 252 valence electrons. The fourth-order valence-electron chi connectivity index (χ4n) is 8.53. The molecular weight excluding hydrogens is 679 g/mol. The van der Waals surface area contributed by atoms with Crippen molar-refractivity contribution in [1.82, 2.24) is 0 Å². The van der Waals surface area contributed by atoms with Crippen molar-refractivity contribution in [3.05, 3.63) is 176 Å². The van der Waals surface area contributed by atoms with Crippen LogP contribution >= 0.6 is 11.3 Å². The van der Waals surface area contributed by atoms with Gasteiger partial charge in [0.25, 0.3) is 0 Å². The van der Waals surface area contributed by atoms with Crippen LogP contribution in [0.5, 0.6) is 0 Å². The fourth-order valence-corrected chi connectivity index (χ4v) is 9.68. The zero-order chi connectivity index (χ0) is 35.3. The lowest BCUT2D eigenvalue weighted by atomic mass is 10.0. The van der Waals surface area contributed by atoms with Crippen LogP contribution in [0.1, 0.15) is 0 Å². The van der Waals surface area contributed by atoms with Gasteiger partial charge in [-0.1, -0.05) is 109 Å². The molecule has 0 aliphatic rings. The molecule has 3 nitrogen and oxygen atoms in total. The van der Waals surface area contributed by atoms with Crippen molar-refractivity contribution in [2.24, 2.45) is 0 Å². The van der Waals surface area contributed by atoms with E-state index >= 15 is 0 Å². The lowest BCUT2D eigenvalue weighted by Gasteiger charge is -2.26. The lowest BCUT2D eigenvalue weighted by Crippen LogP contribution is -2.10. The minimum absolute atomic E-state index is 0.871. The number of furan rings is 2. The number of anilines is 3. The summed E-state index contributed by atoms with van der Waals surface area (Å²) in [7, 11) is 0. The van der Waals surface area contributed by atoms with Gasteiger partial charge in [0.2, 0.25) is 0 Å². The molecule has 12 aromatic rings. The van der Waals surface area contributed by atoms with E-state index < -0.39 is 0 Å². The van der Waals surface area contributed by atoms with Gasteiger partial charge in [-0.3, -0.25) is 0 Å². The molecule has 0 saturated carbocycles. The van der Waals surface area contributed by atoms with E-state index in [1.54, 1.807) is 0 Å². The summed E-state index contributed by atoms with van der Waals surface area (Å²) in [6.45, 7) is 0. The van der Waals surface area contributed by atoms with Gasteiger partial charge in [0.15, 0.2) is 0 Å². The number of para-hydroxylation sites is 1. The highest BCUT2D eigenvalue weighted by Gasteiger charge is 2.22. The number of nitrogens with zero attached hydrogens (tertiary/aromatic N) is 1. The average molecular weight is 708 g/mol. The van der Waals surface area contributed by atoms with Crippen LogP contribution in [0.4, 0.5) is 17.1 Å². The van der Waals surface area contributed by atoms with Gasteiger partial charge in [0.05, 0.1) is 11.1 Å². The van der Waals surface area contributed by atoms with E-state index in [4.69, 9.17) is 8.83 Å². The predicted molar refractivity (Wildman–Crippen MR) is 229 cm³/mol. The summed E-state index contributed by atoms with van der Waals surface area (Å²) in [5, 5.41) is 11.8. The third kappa shape index (κ3) is 4.35. The highest BCUT2D eigenvalue weighted by molar-refractivity contribution is 7.26. The van der Waals surface area contributed by atoms with Crippen molar-refractivity contribution < 1.29 is 8.83 Å². The molecule has 0 aliphatic heterocycles. The maximum Gasteiger partial charge on any atom is 0.143 e. The molecule has 0 N–H and O–H groups in total. The first-order valence-corrected chi connectivity index (χ1v) is 19.1. The minimum Gasteiger partial charge on any atom is -0.456 e. The van der Waals surface area contributed by atoms with Crippen LogP contribution in [0.15, 0.2) is 185 Å². The number of rotatable bonds is 4. The van der Waals surface area contributed by atoms with Gasteiger partial charge in [0, 0.05) is 53.1 Å². The molecule has 0 fully saturated rings. The zero-order valence-corrected chi connectivity index (χ0v) is 29.7. The van der Waals surface area contributed by atoms with E-state index in [1.807, 2.05) is 23.5 Å². The topological polar surface area (TPSA) is 29.5 Å². The van der Waals surface area contributed by atoms with Crippen molar-refractivity contribution in [2.75, 3.05) is 4.90 Å². The van der Waals surface area contributed by atoms with E-state index in [2.05, 4.69) is 169 Å². The molecule has 0 spiro atoms. The quantitative estimate of drug-likeness (QED) is 0.182. The third-order valence-electron chi connectivity index (χ3n) is 11.0. The van der Waals surface area contributed by atoms with Crippen molar-refractivity contribution >= 4 is 114 Å². The first-order valence-electron chi connectivity index (χ1n) is 18.2. The Kier molecular flexibility index (Phi) is 6.21. The highest BCUT2D eigenvalue weighted by Crippen LogP contribution is 2.48. The summed E-state index contributed by atoms with van der Waals surface area (Å²) >= 11 is 1.84. The van der Waals surface area contributed by atoms with E-state index in [0.717, 1.165) is 60.9 Å². The molecule has 12 rings (SSSR count). The zero-order valence-electron chi connectivity index (χ0n) is 28.9. The van der Waals surface area contributed by atoms with Crippen LogP contribution in [-0.4, -0.2) is 0 Å². The maximum atomic E-state index is 6.59. The number of fused-ring (bicyclic) bond motifs is 13. The van der Waals surface area contributed by atoms with Crippen LogP contribution < -0.4 is 4.90 Å². The lowest BCUT2D eigenvalue weighted by molar-refractivity contribution is 0.669. The summed E-state index contributed by atoms with van der Waals surface area (Å²) < 4.78 is 15.5. The molecule has 0 unspecified atom stereocenters. The normalized spacial score (nSPS) is 12.1. The SMILES string of the molecule is c1ccc2cc(-c3ccc(N(c4ccc5c(c4)sc4ccc6oc7c8ccccc8ccc7c6c45)c4cccc5oc6ccccc6c45)cc3)ccc2c1. The van der Waals surface area contributed by atoms with Gasteiger partial charge in [-0.05, 0) is 94.0 Å². The Morgan fingerprint density at radius 1 is 0.370 bits per heavy atom. The number of hydrogen-bond donors (Lipinski definition) is 0. The summed E-state index contributed by atoms with van der Waals surface area (Å²) in [5.41, 5.74) is 9.25. The van der Waals surface area contributed by atoms with Crippen LogP contribution in [-0.2, 0) is 0 Å². The van der Waals surface area contributed by atoms with Gasteiger partial charge in [-0.15, -0.1) is 11.3 Å². The molecule has 0 atom stereocenters. The average Bonchev–Trinajstić information content (AvgIpc) is 3.92. The summed E-state index contributed by atoms with van der Waals surface area (Å²) in [6.07, 6.45) is 0. The van der Waals surface area contributed by atoms with Gasteiger partial charge >= 0.3 is 0 Å². The standard InChI is InChI=1S/C50H29NO2S/c1-2-10-33-28-34(17-16-30(33)8-1)31-18-21-35(22-19-31)51(41-13-7-15-43-47(41)38-12-5-6-14-42(38)52-43)36-23-25-39-46(29-36)54-45-27-26-44-48(49(39)45)40-24-20-32-9-3-4-11-37(32)50(40)53-44/h1-29H. The monoisotopic (exact) mass is 707 g/mol. The minimum atomic E-state index is 0.871. The Balaban J connectivity index is 1.07. The molecule has 0 amide bonds. The molecule has 0 bridgehead atoms. The molecule has 0 aliphatic carbocycles. The van der Waals surface area contributed by atoms with E-state index in [-0.39, 0.29) is 0 Å². The van der Waals surface area contributed by atoms with Crippen molar-refractivity contribution in [1.29, 1.82) is 0 Å². The van der Waals surface area contributed by atoms with Crippen LogP contribution in [0.3, 0.4) is 0 Å². The Bertz CT molecular complexity index is 3460.